The summed E-state index contributed by atoms with van der Waals surface area (Å²) in [5, 5.41) is 5.37. The summed E-state index contributed by atoms with van der Waals surface area (Å²) in [5.41, 5.74) is 2.96. The number of aromatic nitrogens is 3. The summed E-state index contributed by atoms with van der Waals surface area (Å²) in [6.07, 6.45) is 4.54. The molecule has 0 saturated heterocycles. The summed E-state index contributed by atoms with van der Waals surface area (Å²) >= 11 is 1.63. The number of nitrogens with zero attached hydrogens (tertiary/aromatic N) is 2. The number of thiazole rings is 1. The average molecular weight is 208 g/mol. The largest absolute Gasteiger partial charge is 0.349 e. The van der Waals surface area contributed by atoms with Crippen molar-refractivity contribution >= 4 is 11.3 Å². The van der Waals surface area contributed by atoms with Crippen LogP contribution in [0.15, 0.2) is 23.3 Å². The molecule has 14 heavy (non-hydrogen) atoms. The first kappa shape index (κ1) is 9.36. The fourth-order valence-electron chi connectivity index (χ4n) is 1.18. The lowest BCUT2D eigenvalue weighted by atomic mass is 10.4. The monoisotopic (exact) mass is 208 g/mol. The van der Waals surface area contributed by atoms with Crippen LogP contribution in [0.4, 0.5) is 0 Å². The molecule has 0 spiro atoms. The molecule has 0 aliphatic heterocycles. The minimum atomic E-state index is 0.838. The molecule has 2 N–H and O–H groups in total. The Balaban J connectivity index is 1.65. The van der Waals surface area contributed by atoms with Crippen LogP contribution in [0.25, 0.3) is 0 Å². The Hall–Kier alpha value is -1.20. The molecular weight excluding hydrogens is 196 g/mol. The highest BCUT2D eigenvalue weighted by atomic mass is 32.1. The van der Waals surface area contributed by atoms with E-state index in [0.717, 1.165) is 31.0 Å². The number of imidazole rings is 1. The Morgan fingerprint density at radius 2 is 2.43 bits per heavy atom. The smallest absolute Gasteiger partial charge is 0.107 e. The lowest BCUT2D eigenvalue weighted by Gasteiger charge is -1.99. The molecule has 2 rings (SSSR count). The van der Waals surface area contributed by atoms with Crippen molar-refractivity contribution < 1.29 is 0 Å². The van der Waals surface area contributed by atoms with Gasteiger partial charge in [0.2, 0.25) is 0 Å². The zero-order chi connectivity index (χ0) is 9.64. The molecule has 0 amide bonds. The van der Waals surface area contributed by atoms with Crippen LogP contribution >= 0.6 is 11.3 Å². The van der Waals surface area contributed by atoms with Gasteiger partial charge in [-0.1, -0.05) is 0 Å². The van der Waals surface area contributed by atoms with Gasteiger partial charge < -0.3 is 10.3 Å². The van der Waals surface area contributed by atoms with E-state index in [2.05, 4.69) is 25.6 Å². The summed E-state index contributed by atoms with van der Waals surface area (Å²) in [6, 6.07) is 0. The second-order valence-electron chi connectivity index (χ2n) is 2.94. The van der Waals surface area contributed by atoms with Gasteiger partial charge in [-0.2, -0.15) is 0 Å². The lowest BCUT2D eigenvalue weighted by molar-refractivity contribution is 0.665. The van der Waals surface area contributed by atoms with E-state index in [9.17, 15) is 0 Å². The topological polar surface area (TPSA) is 53.6 Å². The molecule has 0 radical (unpaired) electrons. The second-order valence-corrected chi connectivity index (χ2v) is 3.66. The van der Waals surface area contributed by atoms with Crippen molar-refractivity contribution in [2.24, 2.45) is 0 Å². The van der Waals surface area contributed by atoms with E-state index in [4.69, 9.17) is 0 Å². The maximum atomic E-state index is 4.18. The van der Waals surface area contributed by atoms with Crippen LogP contribution in [0.1, 0.15) is 11.5 Å². The number of H-pyrrole nitrogens is 1. The second kappa shape index (κ2) is 4.88. The molecule has 2 heterocycles. The molecule has 4 nitrogen and oxygen atoms in total. The third-order valence-electron chi connectivity index (χ3n) is 1.88. The average Bonchev–Trinajstić information content (AvgIpc) is 2.86. The fraction of sp³-hybridized carbons (Fsp3) is 0.333. The third kappa shape index (κ3) is 2.65. The summed E-state index contributed by atoms with van der Waals surface area (Å²) in [4.78, 5) is 11.4. The maximum absolute atomic E-state index is 4.18. The predicted octanol–water partition coefficient (Wildman–Crippen LogP) is 1.20. The molecule has 0 unspecified atom stereocenters. The van der Waals surface area contributed by atoms with Gasteiger partial charge in [0.15, 0.2) is 0 Å². The van der Waals surface area contributed by atoms with Crippen molar-refractivity contribution in [3.05, 3.63) is 34.8 Å². The first-order valence-electron chi connectivity index (χ1n) is 4.51. The summed E-state index contributed by atoms with van der Waals surface area (Å²) in [6.45, 7) is 1.76. The molecule has 0 saturated carbocycles. The molecule has 74 valence electrons. The quantitative estimate of drug-likeness (QED) is 0.726. The van der Waals surface area contributed by atoms with Crippen molar-refractivity contribution in [2.45, 2.75) is 13.0 Å². The standard InChI is InChI=1S/C9H12N4S/c1(9-11-3-4-12-9)2-10-5-8-6-14-7-13-8/h3-4,6-7,10H,1-2,5H2,(H,11,12). The third-order valence-corrected chi connectivity index (χ3v) is 2.52. The Labute approximate surface area is 86.4 Å². The van der Waals surface area contributed by atoms with Crippen LogP contribution in [-0.2, 0) is 13.0 Å². The van der Waals surface area contributed by atoms with E-state index < -0.39 is 0 Å². The Morgan fingerprint density at radius 1 is 1.43 bits per heavy atom. The zero-order valence-corrected chi connectivity index (χ0v) is 8.55. The van der Waals surface area contributed by atoms with Gasteiger partial charge in [0.1, 0.15) is 5.82 Å². The van der Waals surface area contributed by atoms with Gasteiger partial charge in [0, 0.05) is 37.3 Å². The molecule has 2 aromatic rings. The Kier molecular flexibility index (Phi) is 3.26. The van der Waals surface area contributed by atoms with Crippen LogP contribution in [0.2, 0.25) is 0 Å². The minimum absolute atomic E-state index is 0.838. The van der Waals surface area contributed by atoms with Gasteiger partial charge in [0.25, 0.3) is 0 Å². The van der Waals surface area contributed by atoms with Crippen molar-refractivity contribution in [3.8, 4) is 0 Å². The molecule has 0 fully saturated rings. The first-order chi connectivity index (χ1) is 6.95. The number of nitrogens with one attached hydrogen (secondary N) is 2. The van der Waals surface area contributed by atoms with E-state index >= 15 is 0 Å². The molecule has 5 heteroatoms. The number of hydrogen-bond acceptors (Lipinski definition) is 4. The van der Waals surface area contributed by atoms with Gasteiger partial charge in [-0.05, 0) is 0 Å². The van der Waals surface area contributed by atoms with Crippen molar-refractivity contribution in [3.63, 3.8) is 0 Å². The van der Waals surface area contributed by atoms with E-state index in [0.29, 0.717) is 0 Å². The predicted molar refractivity (Wildman–Crippen MR) is 56.1 cm³/mol. The van der Waals surface area contributed by atoms with Gasteiger partial charge in [0.05, 0.1) is 11.2 Å². The highest BCUT2D eigenvalue weighted by Crippen LogP contribution is 1.99. The van der Waals surface area contributed by atoms with Crippen LogP contribution in [0, 0.1) is 0 Å². The van der Waals surface area contributed by atoms with E-state index in [1.165, 1.54) is 0 Å². The highest BCUT2D eigenvalue weighted by molar-refractivity contribution is 7.07. The molecule has 0 aromatic carbocycles. The van der Waals surface area contributed by atoms with Crippen molar-refractivity contribution in [2.75, 3.05) is 6.54 Å². The fourth-order valence-corrected chi connectivity index (χ4v) is 1.74. The number of hydrogen-bond donors (Lipinski definition) is 2. The lowest BCUT2D eigenvalue weighted by Crippen LogP contribution is -2.17. The molecular formula is C9H12N4S. The molecule has 0 atom stereocenters. The molecule has 0 aliphatic rings. The minimum Gasteiger partial charge on any atom is -0.349 e. The van der Waals surface area contributed by atoms with E-state index in [1.807, 2.05) is 11.7 Å². The maximum Gasteiger partial charge on any atom is 0.107 e. The first-order valence-corrected chi connectivity index (χ1v) is 5.45. The van der Waals surface area contributed by atoms with Gasteiger partial charge in [-0.25, -0.2) is 9.97 Å². The normalized spacial score (nSPS) is 10.6. The van der Waals surface area contributed by atoms with E-state index in [-0.39, 0.29) is 0 Å². The molecule has 2 aromatic heterocycles. The Morgan fingerprint density at radius 3 is 3.14 bits per heavy atom. The van der Waals surface area contributed by atoms with Gasteiger partial charge >= 0.3 is 0 Å². The molecule has 0 bridgehead atoms. The van der Waals surface area contributed by atoms with Gasteiger partial charge in [-0.3, -0.25) is 0 Å². The Bertz CT molecular complexity index is 305. The van der Waals surface area contributed by atoms with Crippen LogP contribution in [0.5, 0.6) is 0 Å². The van der Waals surface area contributed by atoms with Crippen molar-refractivity contribution in [1.82, 2.24) is 20.3 Å². The summed E-state index contributed by atoms with van der Waals surface area (Å²) < 4.78 is 0. The summed E-state index contributed by atoms with van der Waals surface area (Å²) in [5.74, 6) is 1.02. The van der Waals surface area contributed by atoms with E-state index in [1.54, 1.807) is 17.5 Å². The van der Waals surface area contributed by atoms with Crippen LogP contribution in [-0.4, -0.2) is 21.5 Å². The zero-order valence-electron chi connectivity index (χ0n) is 7.73. The van der Waals surface area contributed by atoms with Crippen molar-refractivity contribution in [1.29, 1.82) is 0 Å². The van der Waals surface area contributed by atoms with Gasteiger partial charge in [-0.15, -0.1) is 11.3 Å². The molecule has 0 aliphatic carbocycles. The van der Waals surface area contributed by atoms with Crippen LogP contribution < -0.4 is 5.32 Å². The summed E-state index contributed by atoms with van der Waals surface area (Å²) in [7, 11) is 0. The van der Waals surface area contributed by atoms with Crippen LogP contribution in [0.3, 0.4) is 0 Å². The number of rotatable bonds is 5. The SMILES string of the molecule is c1c[nH]c(CCNCc2cscn2)n1. The highest BCUT2D eigenvalue weighted by Gasteiger charge is 1.95. The number of aromatic amines is 1.